The third-order valence-electron chi connectivity index (χ3n) is 10.8. The number of benzene rings is 5. The average molecular weight is 820 g/mol. The molecular formula is C49H54ClNO8. The van der Waals surface area contributed by atoms with Crippen LogP contribution in [0, 0.1) is 5.92 Å². The predicted octanol–water partition coefficient (Wildman–Crippen LogP) is 8.82. The van der Waals surface area contributed by atoms with Crippen LogP contribution in [0.15, 0.2) is 133 Å². The molecule has 2 fully saturated rings. The molecule has 2 aliphatic rings. The first-order chi connectivity index (χ1) is 28.8. The van der Waals surface area contributed by atoms with E-state index in [1.807, 2.05) is 129 Å². The van der Waals surface area contributed by atoms with E-state index in [0.717, 1.165) is 52.2 Å². The number of nitrogens with two attached hydrogens (primary N) is 1. The van der Waals surface area contributed by atoms with Gasteiger partial charge in [-0.2, -0.15) is 0 Å². The molecule has 2 saturated heterocycles. The van der Waals surface area contributed by atoms with E-state index >= 15 is 0 Å². The summed E-state index contributed by atoms with van der Waals surface area (Å²) in [6.07, 6.45) is -1.91. The Morgan fingerprint density at radius 1 is 0.729 bits per heavy atom. The van der Waals surface area contributed by atoms with Crippen molar-refractivity contribution in [1.29, 1.82) is 0 Å². The van der Waals surface area contributed by atoms with E-state index in [9.17, 15) is 4.79 Å². The third-order valence-corrected chi connectivity index (χ3v) is 11.1. The first kappa shape index (κ1) is 42.5. The van der Waals surface area contributed by atoms with Crippen molar-refractivity contribution in [3.63, 3.8) is 0 Å². The summed E-state index contributed by atoms with van der Waals surface area (Å²) < 4.78 is 45.1. The van der Waals surface area contributed by atoms with Gasteiger partial charge in [-0.1, -0.05) is 141 Å². The van der Waals surface area contributed by atoms with Gasteiger partial charge in [-0.3, -0.25) is 4.79 Å². The summed E-state index contributed by atoms with van der Waals surface area (Å²) in [4.78, 5) is 13.2. The molecule has 2 aliphatic heterocycles. The summed E-state index contributed by atoms with van der Waals surface area (Å²) in [5.74, 6) is 0.196. The van der Waals surface area contributed by atoms with Gasteiger partial charge in [0, 0.05) is 11.4 Å². The van der Waals surface area contributed by atoms with Crippen molar-refractivity contribution < 1.29 is 38.0 Å². The molecule has 10 heteroatoms. The normalized spacial score (nSPS) is 22.3. The summed E-state index contributed by atoms with van der Waals surface area (Å²) in [5, 5.41) is 0.629. The zero-order valence-electron chi connectivity index (χ0n) is 33.7. The van der Waals surface area contributed by atoms with Crippen molar-refractivity contribution in [2.45, 2.75) is 89.2 Å². The Hall–Kier alpha value is -4.58. The number of carbonyl (C=O) groups is 1. The molecule has 2 heterocycles. The molecule has 5 aromatic carbocycles. The molecule has 7 atom stereocenters. The fourth-order valence-corrected chi connectivity index (χ4v) is 7.52. The summed E-state index contributed by atoms with van der Waals surface area (Å²) >= 11 is 6.92. The molecule has 0 bridgehead atoms. The number of carbonyl (C=O) groups excluding carboxylic acids is 1. The molecule has 2 N–H and O–H groups in total. The molecule has 0 unspecified atom stereocenters. The maximum absolute atomic E-state index is 13.2. The first-order valence-corrected chi connectivity index (χ1v) is 20.8. The molecule has 9 nitrogen and oxygen atoms in total. The minimum atomic E-state index is -0.790. The fraction of sp³-hybridized carbons (Fsp3) is 0.367. The lowest BCUT2D eigenvalue weighted by molar-refractivity contribution is -0.273. The smallest absolute Gasteiger partial charge is 0.323 e. The molecule has 0 aromatic heterocycles. The quantitative estimate of drug-likeness (QED) is 0.0869. The molecule has 0 saturated carbocycles. The van der Waals surface area contributed by atoms with Gasteiger partial charge < -0.3 is 38.9 Å². The maximum atomic E-state index is 13.2. The number of hydrogen-bond acceptors (Lipinski definition) is 9. The Morgan fingerprint density at radius 3 is 1.86 bits per heavy atom. The number of esters is 1. The molecular weight excluding hydrogens is 766 g/mol. The highest BCUT2D eigenvalue weighted by molar-refractivity contribution is 6.31. The second-order valence-corrected chi connectivity index (χ2v) is 16.0. The van der Waals surface area contributed by atoms with Crippen LogP contribution in [-0.4, -0.2) is 62.4 Å². The van der Waals surface area contributed by atoms with Crippen molar-refractivity contribution in [1.82, 2.24) is 0 Å². The van der Waals surface area contributed by atoms with E-state index in [0.29, 0.717) is 31.3 Å². The Labute approximate surface area is 352 Å². The molecule has 7 rings (SSSR count). The van der Waals surface area contributed by atoms with Crippen molar-refractivity contribution >= 4 is 17.6 Å². The van der Waals surface area contributed by atoms with Gasteiger partial charge in [0.05, 0.1) is 33.0 Å². The van der Waals surface area contributed by atoms with E-state index in [2.05, 4.69) is 18.2 Å². The Morgan fingerprint density at radius 2 is 1.31 bits per heavy atom. The van der Waals surface area contributed by atoms with Crippen LogP contribution < -0.4 is 10.5 Å². The fourth-order valence-electron chi connectivity index (χ4n) is 7.33. The van der Waals surface area contributed by atoms with Crippen molar-refractivity contribution in [2.24, 2.45) is 11.7 Å². The minimum absolute atomic E-state index is 0.0719. The van der Waals surface area contributed by atoms with Crippen LogP contribution in [0.5, 0.6) is 5.75 Å². The summed E-state index contributed by atoms with van der Waals surface area (Å²) in [6, 6.07) is 43.2. The second-order valence-electron chi connectivity index (χ2n) is 15.6. The zero-order valence-corrected chi connectivity index (χ0v) is 34.5. The van der Waals surface area contributed by atoms with Crippen LogP contribution in [0.25, 0.3) is 0 Å². The number of halogens is 1. The van der Waals surface area contributed by atoms with Gasteiger partial charge >= 0.3 is 5.97 Å². The number of hydrogen-bond donors (Lipinski definition) is 1. The number of rotatable bonds is 18. The highest BCUT2D eigenvalue weighted by atomic mass is 35.5. The van der Waals surface area contributed by atoms with Gasteiger partial charge in [-0.25, -0.2) is 0 Å². The molecule has 5 aromatic rings. The monoisotopic (exact) mass is 819 g/mol. The Kier molecular flexibility index (Phi) is 15.2. The van der Waals surface area contributed by atoms with Crippen molar-refractivity contribution in [3.8, 4) is 5.75 Å². The first-order valence-electron chi connectivity index (χ1n) is 20.5. The molecule has 0 aliphatic carbocycles. The van der Waals surface area contributed by atoms with E-state index in [-0.39, 0.29) is 25.2 Å². The van der Waals surface area contributed by atoms with E-state index in [1.165, 1.54) is 0 Å². The summed E-state index contributed by atoms with van der Waals surface area (Å²) in [7, 11) is 0. The van der Waals surface area contributed by atoms with Gasteiger partial charge in [0.1, 0.15) is 55.0 Å². The van der Waals surface area contributed by atoms with Crippen LogP contribution in [-0.2, 0) is 59.5 Å². The SMILES string of the molecule is CC(C)[C@H](N)C(=O)OC[C@H]1O[C@@H](c2ccc(Cl)c(Cc3ccc(O[C@@H]4CCOC4)cc3)c2)[C@H](OCc2ccccc2)[C@@H](OCc2ccccc2)[C@@H]1OCc1ccccc1. The Balaban J connectivity index is 1.23. The van der Waals surface area contributed by atoms with Gasteiger partial charge in [0.2, 0.25) is 0 Å². The van der Waals surface area contributed by atoms with Gasteiger partial charge in [-0.15, -0.1) is 0 Å². The van der Waals surface area contributed by atoms with Crippen LogP contribution in [0.2, 0.25) is 5.02 Å². The van der Waals surface area contributed by atoms with Crippen molar-refractivity contribution in [3.05, 3.63) is 172 Å². The molecule has 0 radical (unpaired) electrons. The van der Waals surface area contributed by atoms with Crippen LogP contribution in [0.1, 0.15) is 59.8 Å². The lowest BCUT2D eigenvalue weighted by Crippen LogP contribution is -2.58. The summed E-state index contributed by atoms with van der Waals surface area (Å²) in [6.45, 7) is 5.86. The molecule has 59 heavy (non-hydrogen) atoms. The highest BCUT2D eigenvalue weighted by Crippen LogP contribution is 2.40. The predicted molar refractivity (Wildman–Crippen MR) is 227 cm³/mol. The van der Waals surface area contributed by atoms with E-state index in [1.54, 1.807) is 0 Å². The Bertz CT molecular complexity index is 2030. The van der Waals surface area contributed by atoms with Crippen LogP contribution >= 0.6 is 11.6 Å². The maximum Gasteiger partial charge on any atom is 0.323 e. The highest BCUT2D eigenvalue weighted by Gasteiger charge is 2.49. The second kappa shape index (κ2) is 21.1. The summed E-state index contributed by atoms with van der Waals surface area (Å²) in [5.41, 5.74) is 12.0. The average Bonchev–Trinajstić information content (AvgIpc) is 3.79. The minimum Gasteiger partial charge on any atom is -0.488 e. The lowest BCUT2D eigenvalue weighted by atomic mass is 9.89. The number of ether oxygens (including phenoxy) is 7. The van der Waals surface area contributed by atoms with Gasteiger partial charge in [0.15, 0.2) is 0 Å². The van der Waals surface area contributed by atoms with Gasteiger partial charge in [0.25, 0.3) is 0 Å². The standard InChI is InChI=1S/C49H54ClNO8/c1-33(2)44(51)49(52)57-32-43-46(54-28-35-12-6-3-7-13-35)48(56-30-37-16-10-5-11-17-37)47(55-29-36-14-8-4-9-15-36)45(59-43)38-20-23-42(50)39(27-38)26-34-18-21-40(22-19-34)58-41-24-25-53-31-41/h3-23,27,33,41,43-48H,24-26,28-32,51H2,1-2H3/t41-,43-,44+,45+,46-,47+,48+/m1/s1. The molecule has 0 spiro atoms. The molecule has 0 amide bonds. The third kappa shape index (κ3) is 11.8. The van der Waals surface area contributed by atoms with Crippen molar-refractivity contribution in [2.75, 3.05) is 19.8 Å². The molecule has 310 valence electrons. The lowest BCUT2D eigenvalue weighted by Gasteiger charge is -2.46. The van der Waals surface area contributed by atoms with E-state index < -0.39 is 42.5 Å². The van der Waals surface area contributed by atoms with E-state index in [4.69, 9.17) is 50.5 Å². The van der Waals surface area contributed by atoms with Crippen LogP contribution in [0.3, 0.4) is 0 Å². The van der Waals surface area contributed by atoms with Gasteiger partial charge in [-0.05, 0) is 63.9 Å². The largest absolute Gasteiger partial charge is 0.488 e. The topological polar surface area (TPSA) is 108 Å². The zero-order chi connectivity index (χ0) is 41.0. The van der Waals surface area contributed by atoms with Crippen LogP contribution in [0.4, 0.5) is 0 Å².